The van der Waals surface area contributed by atoms with Gasteiger partial charge >= 0.3 is 5.97 Å². The zero-order chi connectivity index (χ0) is 11.4. The topological polar surface area (TPSA) is 35.5 Å². The first-order valence-corrected chi connectivity index (χ1v) is 5.25. The lowest BCUT2D eigenvalue weighted by molar-refractivity contribution is 0.0595. The van der Waals surface area contributed by atoms with Crippen LogP contribution in [0.5, 0.6) is 0 Å². The summed E-state index contributed by atoms with van der Waals surface area (Å²) in [5.74, 6) is -0.336. The maximum atomic E-state index is 11.5. The first kappa shape index (κ1) is 12.2. The summed E-state index contributed by atoms with van der Waals surface area (Å²) in [6, 6.07) is 3.68. The van der Waals surface area contributed by atoms with Gasteiger partial charge in [-0.3, -0.25) is 0 Å². The number of methoxy groups -OCH3 is 2. The number of hydrogen-bond acceptors (Lipinski definition) is 3. The van der Waals surface area contributed by atoms with E-state index >= 15 is 0 Å². The van der Waals surface area contributed by atoms with Gasteiger partial charge < -0.3 is 9.47 Å². The Kier molecular flexibility index (Phi) is 4.29. The van der Waals surface area contributed by atoms with E-state index in [9.17, 15) is 4.79 Å². The molecule has 0 N–H and O–H groups in total. The van der Waals surface area contributed by atoms with E-state index in [4.69, 9.17) is 9.47 Å². The Balaban J connectivity index is 3.21. The lowest BCUT2D eigenvalue weighted by Crippen LogP contribution is -2.07. The van der Waals surface area contributed by atoms with Crippen molar-refractivity contribution in [3.63, 3.8) is 0 Å². The van der Waals surface area contributed by atoms with Crippen LogP contribution in [0.4, 0.5) is 0 Å². The number of hydrogen-bond donors (Lipinski definition) is 0. The van der Waals surface area contributed by atoms with Crippen LogP contribution in [-0.2, 0) is 16.1 Å². The van der Waals surface area contributed by atoms with Crippen molar-refractivity contribution in [1.82, 2.24) is 0 Å². The number of carbonyl (C=O) groups excluding carboxylic acids is 1. The molecule has 1 aromatic carbocycles. The van der Waals surface area contributed by atoms with Gasteiger partial charge in [0, 0.05) is 11.6 Å². The molecule has 0 heterocycles. The fraction of sp³-hybridized carbons (Fsp3) is 0.364. The molecule has 0 amide bonds. The molecular weight excluding hydrogens is 260 g/mol. The molecule has 0 bridgehead atoms. The Morgan fingerprint density at radius 3 is 2.60 bits per heavy atom. The highest BCUT2D eigenvalue weighted by atomic mass is 79.9. The third-order valence-corrected chi connectivity index (χ3v) is 2.94. The quantitative estimate of drug-likeness (QED) is 0.794. The van der Waals surface area contributed by atoms with Crippen LogP contribution in [-0.4, -0.2) is 20.2 Å². The summed E-state index contributed by atoms with van der Waals surface area (Å²) < 4.78 is 10.7. The molecule has 0 atom stereocenters. The summed E-state index contributed by atoms with van der Waals surface area (Å²) >= 11 is 3.41. The molecule has 82 valence electrons. The Morgan fingerprint density at radius 1 is 1.40 bits per heavy atom. The highest BCUT2D eigenvalue weighted by Gasteiger charge is 2.13. The molecule has 0 radical (unpaired) electrons. The van der Waals surface area contributed by atoms with Crippen LogP contribution < -0.4 is 0 Å². The predicted molar refractivity (Wildman–Crippen MR) is 60.9 cm³/mol. The highest BCUT2D eigenvalue weighted by molar-refractivity contribution is 9.10. The second-order valence-corrected chi connectivity index (χ2v) is 4.04. The van der Waals surface area contributed by atoms with Crippen LogP contribution >= 0.6 is 15.9 Å². The monoisotopic (exact) mass is 272 g/mol. The minimum absolute atomic E-state index is 0.336. The van der Waals surface area contributed by atoms with Crippen LogP contribution in [0.15, 0.2) is 16.6 Å². The molecule has 0 spiro atoms. The number of halogens is 1. The van der Waals surface area contributed by atoms with Gasteiger partial charge in [-0.1, -0.05) is 15.9 Å². The van der Waals surface area contributed by atoms with Gasteiger partial charge in [0.1, 0.15) is 0 Å². The van der Waals surface area contributed by atoms with Crippen molar-refractivity contribution < 1.29 is 14.3 Å². The Morgan fingerprint density at radius 2 is 2.07 bits per heavy atom. The Bertz CT molecular complexity index is 374. The summed E-state index contributed by atoms with van der Waals surface area (Å²) in [5.41, 5.74) is 2.37. The smallest absolute Gasteiger partial charge is 0.338 e. The maximum absolute atomic E-state index is 11.5. The van der Waals surface area contributed by atoms with E-state index < -0.39 is 0 Å². The molecule has 0 aromatic heterocycles. The van der Waals surface area contributed by atoms with E-state index in [2.05, 4.69) is 15.9 Å². The number of benzene rings is 1. The van der Waals surface area contributed by atoms with Gasteiger partial charge in [-0.05, 0) is 30.2 Å². The summed E-state index contributed by atoms with van der Waals surface area (Å²) in [5, 5.41) is 0. The SMILES string of the molecule is COCc1cc(Br)c(C)cc1C(=O)OC. The van der Waals surface area contributed by atoms with Gasteiger partial charge in [-0.15, -0.1) is 0 Å². The molecular formula is C11H13BrO3. The van der Waals surface area contributed by atoms with Crippen molar-refractivity contribution in [3.8, 4) is 0 Å². The second kappa shape index (κ2) is 5.28. The summed E-state index contributed by atoms with van der Waals surface area (Å²) in [4.78, 5) is 11.5. The van der Waals surface area contributed by atoms with Crippen LogP contribution in [0.2, 0.25) is 0 Å². The molecule has 0 saturated heterocycles. The van der Waals surface area contributed by atoms with Crippen molar-refractivity contribution in [2.75, 3.05) is 14.2 Å². The molecule has 0 aliphatic rings. The fourth-order valence-electron chi connectivity index (χ4n) is 1.30. The van der Waals surface area contributed by atoms with E-state index in [0.29, 0.717) is 12.2 Å². The van der Waals surface area contributed by atoms with E-state index in [-0.39, 0.29) is 5.97 Å². The predicted octanol–water partition coefficient (Wildman–Crippen LogP) is 2.69. The molecule has 3 nitrogen and oxygen atoms in total. The van der Waals surface area contributed by atoms with Gasteiger partial charge in [-0.25, -0.2) is 4.79 Å². The van der Waals surface area contributed by atoms with Gasteiger partial charge in [0.05, 0.1) is 19.3 Å². The zero-order valence-corrected chi connectivity index (χ0v) is 10.6. The van der Waals surface area contributed by atoms with Crippen molar-refractivity contribution >= 4 is 21.9 Å². The Hall–Kier alpha value is -0.870. The van der Waals surface area contributed by atoms with E-state index in [1.165, 1.54) is 7.11 Å². The van der Waals surface area contributed by atoms with E-state index in [0.717, 1.165) is 15.6 Å². The minimum Gasteiger partial charge on any atom is -0.465 e. The number of carbonyl (C=O) groups is 1. The van der Waals surface area contributed by atoms with Gasteiger partial charge in [0.15, 0.2) is 0 Å². The highest BCUT2D eigenvalue weighted by Crippen LogP contribution is 2.22. The van der Waals surface area contributed by atoms with E-state index in [1.54, 1.807) is 13.2 Å². The van der Waals surface area contributed by atoms with Gasteiger partial charge in [0.25, 0.3) is 0 Å². The van der Waals surface area contributed by atoms with Crippen molar-refractivity contribution in [1.29, 1.82) is 0 Å². The summed E-state index contributed by atoms with van der Waals surface area (Å²) in [6.45, 7) is 2.32. The lowest BCUT2D eigenvalue weighted by atomic mass is 10.1. The van der Waals surface area contributed by atoms with Crippen molar-refractivity contribution in [3.05, 3.63) is 33.3 Å². The molecule has 4 heteroatoms. The van der Waals surface area contributed by atoms with Crippen molar-refractivity contribution in [2.24, 2.45) is 0 Å². The van der Waals surface area contributed by atoms with Gasteiger partial charge in [-0.2, -0.15) is 0 Å². The molecule has 0 aliphatic carbocycles. The molecule has 1 rings (SSSR count). The molecule has 1 aromatic rings. The third kappa shape index (κ3) is 2.79. The second-order valence-electron chi connectivity index (χ2n) is 3.18. The molecule has 15 heavy (non-hydrogen) atoms. The first-order valence-electron chi connectivity index (χ1n) is 4.46. The Labute approximate surface area is 97.5 Å². The van der Waals surface area contributed by atoms with Gasteiger partial charge in [0.2, 0.25) is 0 Å². The lowest BCUT2D eigenvalue weighted by Gasteiger charge is -2.09. The number of rotatable bonds is 3. The van der Waals surface area contributed by atoms with E-state index in [1.807, 2.05) is 13.0 Å². The standard InChI is InChI=1S/C11H13BrO3/c1-7-4-9(11(13)15-3)8(6-14-2)5-10(7)12/h4-5H,6H2,1-3H3. The average molecular weight is 273 g/mol. The number of ether oxygens (including phenoxy) is 2. The zero-order valence-electron chi connectivity index (χ0n) is 8.96. The summed E-state index contributed by atoms with van der Waals surface area (Å²) in [7, 11) is 2.96. The van der Waals surface area contributed by atoms with Crippen LogP contribution in [0, 0.1) is 6.92 Å². The summed E-state index contributed by atoms with van der Waals surface area (Å²) in [6.07, 6.45) is 0. The normalized spacial score (nSPS) is 10.1. The van der Waals surface area contributed by atoms with Crippen LogP contribution in [0.25, 0.3) is 0 Å². The average Bonchev–Trinajstić information content (AvgIpc) is 2.22. The maximum Gasteiger partial charge on any atom is 0.338 e. The number of aryl methyl sites for hydroxylation is 1. The fourth-order valence-corrected chi connectivity index (χ4v) is 1.69. The van der Waals surface area contributed by atoms with Crippen LogP contribution in [0.1, 0.15) is 21.5 Å². The molecule has 0 aliphatic heterocycles. The third-order valence-electron chi connectivity index (χ3n) is 2.09. The molecule has 0 fully saturated rings. The molecule has 0 saturated carbocycles. The van der Waals surface area contributed by atoms with Crippen LogP contribution in [0.3, 0.4) is 0 Å². The van der Waals surface area contributed by atoms with Crippen molar-refractivity contribution in [2.45, 2.75) is 13.5 Å². The number of esters is 1. The first-order chi connectivity index (χ1) is 7.10. The minimum atomic E-state index is -0.336. The molecule has 0 unspecified atom stereocenters. The largest absolute Gasteiger partial charge is 0.465 e.